The van der Waals surface area contributed by atoms with E-state index >= 15 is 0 Å². The number of anilines is 1. The Morgan fingerprint density at radius 2 is 1.88 bits per heavy atom. The van der Waals surface area contributed by atoms with E-state index in [9.17, 15) is 23.7 Å². The standard InChI is InChI=1S/C8H7F2N3O3/c9-8(10,13(15)16)7(14)12-11-6-4-2-1-3-5-6/h1-5,11H,(H,12,14). The van der Waals surface area contributed by atoms with Crippen molar-refractivity contribution in [3.8, 4) is 0 Å². The van der Waals surface area contributed by atoms with Gasteiger partial charge >= 0.3 is 12.0 Å². The molecular weight excluding hydrogens is 224 g/mol. The Labute approximate surface area is 88.4 Å². The molecule has 0 fully saturated rings. The Balaban J connectivity index is 2.57. The lowest BCUT2D eigenvalue weighted by Gasteiger charge is -2.09. The highest BCUT2D eigenvalue weighted by Gasteiger charge is 2.53. The molecular formula is C8H7F2N3O3. The van der Waals surface area contributed by atoms with Crippen LogP contribution in [0.5, 0.6) is 0 Å². The Morgan fingerprint density at radius 3 is 2.38 bits per heavy atom. The van der Waals surface area contributed by atoms with Crippen LogP contribution in [0.3, 0.4) is 0 Å². The van der Waals surface area contributed by atoms with Gasteiger partial charge in [-0.1, -0.05) is 18.2 Å². The van der Waals surface area contributed by atoms with Crippen LogP contribution in [0.4, 0.5) is 14.5 Å². The molecule has 0 saturated carbocycles. The van der Waals surface area contributed by atoms with Crippen molar-refractivity contribution in [3.63, 3.8) is 0 Å². The molecule has 0 unspecified atom stereocenters. The Bertz CT molecular complexity index is 397. The van der Waals surface area contributed by atoms with Gasteiger partial charge in [0.05, 0.1) is 5.69 Å². The number of nitrogens with zero attached hydrogens (tertiary/aromatic N) is 1. The molecule has 0 atom stereocenters. The molecule has 0 aliphatic heterocycles. The van der Waals surface area contributed by atoms with Crippen molar-refractivity contribution in [1.82, 2.24) is 5.43 Å². The summed E-state index contributed by atoms with van der Waals surface area (Å²) in [5.41, 5.74) is 3.99. The second-order valence-corrected chi connectivity index (χ2v) is 2.74. The lowest BCUT2D eigenvalue weighted by atomic mass is 10.3. The fourth-order valence-electron chi connectivity index (χ4n) is 0.809. The summed E-state index contributed by atoms with van der Waals surface area (Å²) in [5, 5.41) is 9.84. The van der Waals surface area contributed by atoms with Crippen molar-refractivity contribution in [2.75, 3.05) is 5.43 Å². The molecule has 0 aliphatic rings. The smallest absolute Gasteiger partial charge is 0.298 e. The maximum Gasteiger partial charge on any atom is 0.595 e. The summed E-state index contributed by atoms with van der Waals surface area (Å²) in [6, 6.07) is 3.20. The number of nitro groups is 1. The minimum atomic E-state index is -4.65. The van der Waals surface area contributed by atoms with Gasteiger partial charge in [-0.15, -0.1) is 8.78 Å². The molecule has 2 N–H and O–H groups in total. The summed E-state index contributed by atoms with van der Waals surface area (Å²) in [5.74, 6) is -2.03. The Morgan fingerprint density at radius 1 is 1.31 bits per heavy atom. The van der Waals surface area contributed by atoms with Gasteiger partial charge in [0, 0.05) is 0 Å². The van der Waals surface area contributed by atoms with Gasteiger partial charge in [-0.25, -0.2) is 0 Å². The summed E-state index contributed by atoms with van der Waals surface area (Å²) >= 11 is 0. The zero-order chi connectivity index (χ0) is 12.2. The van der Waals surface area contributed by atoms with Gasteiger partial charge in [-0.2, -0.15) is 0 Å². The zero-order valence-electron chi connectivity index (χ0n) is 7.81. The van der Waals surface area contributed by atoms with Crippen molar-refractivity contribution in [1.29, 1.82) is 0 Å². The van der Waals surface area contributed by atoms with Gasteiger partial charge in [0.1, 0.15) is 4.92 Å². The quantitative estimate of drug-likeness (QED) is 0.460. The van der Waals surface area contributed by atoms with Crippen LogP contribution < -0.4 is 10.9 Å². The molecule has 86 valence electrons. The number of nitrogens with one attached hydrogen (secondary N) is 2. The zero-order valence-corrected chi connectivity index (χ0v) is 7.81. The van der Waals surface area contributed by atoms with E-state index < -0.39 is 16.9 Å². The largest absolute Gasteiger partial charge is 0.595 e. The summed E-state index contributed by atoms with van der Waals surface area (Å²) in [6.45, 7) is 0. The van der Waals surface area contributed by atoms with Crippen LogP contribution in [0.15, 0.2) is 30.3 Å². The maximum absolute atomic E-state index is 12.5. The third-order valence-electron chi connectivity index (χ3n) is 1.60. The topological polar surface area (TPSA) is 84.3 Å². The molecule has 1 rings (SSSR count). The molecule has 8 heteroatoms. The fourth-order valence-corrected chi connectivity index (χ4v) is 0.809. The average Bonchev–Trinajstić information content (AvgIpc) is 2.27. The van der Waals surface area contributed by atoms with Crippen LogP contribution in [0.25, 0.3) is 0 Å². The average molecular weight is 231 g/mol. The first-order valence-corrected chi connectivity index (χ1v) is 4.08. The summed E-state index contributed by atoms with van der Waals surface area (Å²) in [4.78, 5) is 18.6. The van der Waals surface area contributed by atoms with Crippen LogP contribution >= 0.6 is 0 Å². The second kappa shape index (κ2) is 4.51. The number of amides is 1. The lowest BCUT2D eigenvalue weighted by Crippen LogP contribution is -2.47. The van der Waals surface area contributed by atoms with Crippen molar-refractivity contribution in [2.24, 2.45) is 0 Å². The third-order valence-corrected chi connectivity index (χ3v) is 1.60. The lowest BCUT2D eigenvalue weighted by molar-refractivity contribution is -0.622. The number of para-hydroxylation sites is 1. The van der Waals surface area contributed by atoms with Crippen LogP contribution in [-0.4, -0.2) is 16.9 Å². The molecule has 0 saturated heterocycles. The van der Waals surface area contributed by atoms with Crippen LogP contribution in [0.1, 0.15) is 0 Å². The van der Waals surface area contributed by atoms with E-state index in [-0.39, 0.29) is 0 Å². The predicted molar refractivity (Wildman–Crippen MR) is 50.1 cm³/mol. The molecule has 0 spiro atoms. The predicted octanol–water partition coefficient (Wildman–Crippen LogP) is 0.999. The highest BCUT2D eigenvalue weighted by atomic mass is 19.3. The first kappa shape index (κ1) is 11.8. The number of halogens is 2. The molecule has 0 radical (unpaired) electrons. The minimum Gasteiger partial charge on any atom is -0.298 e. The number of benzene rings is 1. The molecule has 0 heterocycles. The first-order chi connectivity index (χ1) is 7.44. The van der Waals surface area contributed by atoms with E-state index in [1.807, 2.05) is 0 Å². The number of hydrogen-bond acceptors (Lipinski definition) is 4. The first-order valence-electron chi connectivity index (χ1n) is 4.08. The van der Waals surface area contributed by atoms with Crippen molar-refractivity contribution >= 4 is 11.6 Å². The monoisotopic (exact) mass is 231 g/mol. The Hall–Kier alpha value is -2.25. The molecule has 0 aromatic heterocycles. The number of hydrogen-bond donors (Lipinski definition) is 2. The normalized spacial score (nSPS) is 10.6. The van der Waals surface area contributed by atoms with Gasteiger partial charge in [-0.05, 0) is 12.1 Å². The van der Waals surface area contributed by atoms with E-state index in [0.29, 0.717) is 5.69 Å². The van der Waals surface area contributed by atoms with Crippen molar-refractivity contribution < 1.29 is 18.5 Å². The van der Waals surface area contributed by atoms with Crippen LogP contribution in [0.2, 0.25) is 0 Å². The number of rotatable bonds is 4. The summed E-state index contributed by atoms with van der Waals surface area (Å²) in [6.07, 6.45) is 0. The molecule has 0 aliphatic carbocycles. The minimum absolute atomic E-state index is 0.329. The number of carbonyl (C=O) groups excluding carboxylic acids is 1. The second-order valence-electron chi connectivity index (χ2n) is 2.74. The van der Waals surface area contributed by atoms with Crippen LogP contribution in [0, 0.1) is 10.1 Å². The number of hydrazine groups is 1. The number of carbonyl (C=O) groups is 1. The molecule has 0 bridgehead atoms. The van der Waals surface area contributed by atoms with Gasteiger partial charge in [0.2, 0.25) is 0 Å². The van der Waals surface area contributed by atoms with E-state index in [2.05, 4.69) is 5.43 Å². The third kappa shape index (κ3) is 2.62. The molecule has 6 nitrogen and oxygen atoms in total. The van der Waals surface area contributed by atoms with E-state index in [0.717, 1.165) is 0 Å². The molecule has 1 amide bonds. The summed E-state index contributed by atoms with van der Waals surface area (Å²) < 4.78 is 25.0. The SMILES string of the molecule is O=C(NNc1ccccc1)C(F)(F)[N+](=O)[O-]. The Kier molecular flexibility index (Phi) is 3.33. The highest BCUT2D eigenvalue weighted by molar-refractivity contribution is 5.82. The molecule has 1 aromatic carbocycles. The van der Waals surface area contributed by atoms with E-state index in [4.69, 9.17) is 0 Å². The van der Waals surface area contributed by atoms with Crippen molar-refractivity contribution in [2.45, 2.75) is 6.05 Å². The fraction of sp³-hybridized carbons (Fsp3) is 0.125. The van der Waals surface area contributed by atoms with Gasteiger partial charge in [0.15, 0.2) is 0 Å². The molecule has 1 aromatic rings. The van der Waals surface area contributed by atoms with Gasteiger partial charge in [0.25, 0.3) is 0 Å². The maximum atomic E-state index is 12.5. The molecule has 16 heavy (non-hydrogen) atoms. The van der Waals surface area contributed by atoms with E-state index in [1.165, 1.54) is 17.6 Å². The highest BCUT2D eigenvalue weighted by Crippen LogP contribution is 2.13. The van der Waals surface area contributed by atoms with Crippen molar-refractivity contribution in [3.05, 3.63) is 40.4 Å². The number of alkyl halides is 2. The van der Waals surface area contributed by atoms with E-state index in [1.54, 1.807) is 18.2 Å². The summed E-state index contributed by atoms with van der Waals surface area (Å²) in [7, 11) is 0. The van der Waals surface area contributed by atoms with Gasteiger partial charge < -0.3 is 0 Å². The van der Waals surface area contributed by atoms with Gasteiger partial charge in [-0.3, -0.25) is 25.8 Å². The van der Waals surface area contributed by atoms with Crippen LogP contribution in [-0.2, 0) is 4.79 Å².